The summed E-state index contributed by atoms with van der Waals surface area (Å²) in [7, 11) is 0. The van der Waals surface area contributed by atoms with Crippen molar-refractivity contribution in [1.29, 1.82) is 0 Å². The number of amides is 4. The molecule has 51 heavy (non-hydrogen) atoms. The molecule has 0 saturated carbocycles. The van der Waals surface area contributed by atoms with E-state index in [1.807, 2.05) is 0 Å². The summed E-state index contributed by atoms with van der Waals surface area (Å²) in [5, 5.41) is 8.19. The van der Waals surface area contributed by atoms with E-state index in [4.69, 9.17) is 18.9 Å². The number of carbonyl (C=O) groups excluding carboxylic acids is 4. The number of hydrogen-bond donors (Lipinski definition) is 3. The molecule has 0 spiro atoms. The Kier molecular flexibility index (Phi) is 12.3. The van der Waals surface area contributed by atoms with E-state index in [1.165, 1.54) is 9.80 Å². The Balaban J connectivity index is 1.79. The van der Waals surface area contributed by atoms with E-state index in [9.17, 15) is 19.2 Å². The van der Waals surface area contributed by atoms with Gasteiger partial charge in [0.2, 0.25) is 11.9 Å². The normalized spacial score (nSPS) is 13.5. The Morgan fingerprint density at radius 2 is 0.902 bits per heavy atom. The van der Waals surface area contributed by atoms with Crippen molar-refractivity contribution in [3.63, 3.8) is 0 Å². The molecule has 0 bridgehead atoms. The standard InChI is InChI=1S/C36H51N7O8/c1-33(2,3)48-29(44)40-27(41-30(45)49-34(4,5)6)38-25-17-13-23(14-18-25)37-24-15-19-26(20-16-24)39-28-42(31(46)50-35(7,8)9)21-22-43(28)32(47)51-36(10,11)12/h13-20,37H,21-22H2,1-12H3,(H2,38,40,41,44,45). The van der Waals surface area contributed by atoms with Crippen molar-refractivity contribution in [1.82, 2.24) is 20.4 Å². The molecule has 2 aromatic carbocycles. The van der Waals surface area contributed by atoms with Crippen molar-refractivity contribution in [2.45, 2.75) is 105 Å². The number of nitrogens with zero attached hydrogens (tertiary/aromatic N) is 4. The lowest BCUT2D eigenvalue weighted by molar-refractivity contribution is 0.0371. The Morgan fingerprint density at radius 3 is 1.25 bits per heavy atom. The minimum atomic E-state index is -0.799. The molecule has 1 heterocycles. The first-order valence-electron chi connectivity index (χ1n) is 16.5. The lowest BCUT2D eigenvalue weighted by Crippen LogP contribution is -2.47. The first-order chi connectivity index (χ1) is 23.4. The first-order valence-corrected chi connectivity index (χ1v) is 16.5. The zero-order chi connectivity index (χ0) is 38.4. The van der Waals surface area contributed by atoms with Crippen molar-refractivity contribution in [3.05, 3.63) is 48.5 Å². The highest BCUT2D eigenvalue weighted by Gasteiger charge is 2.39. The molecule has 2 aromatic rings. The molecular formula is C36H51N7O8. The molecule has 15 nitrogen and oxygen atoms in total. The molecule has 15 heteroatoms. The van der Waals surface area contributed by atoms with Gasteiger partial charge in [-0.1, -0.05) is 0 Å². The van der Waals surface area contributed by atoms with Crippen LogP contribution >= 0.6 is 0 Å². The third-order valence-corrected chi connectivity index (χ3v) is 5.99. The molecule has 4 amide bonds. The zero-order valence-corrected chi connectivity index (χ0v) is 31.6. The average molecular weight is 710 g/mol. The second-order valence-electron chi connectivity index (χ2n) is 15.6. The Hall–Kier alpha value is -5.34. The number of rotatable bonds is 4. The van der Waals surface area contributed by atoms with Crippen LogP contribution in [0.1, 0.15) is 83.1 Å². The van der Waals surface area contributed by atoms with Crippen LogP contribution < -0.4 is 16.0 Å². The number of carbonyl (C=O) groups is 4. The molecule has 1 fully saturated rings. The quantitative estimate of drug-likeness (QED) is 0.162. The van der Waals surface area contributed by atoms with E-state index < -0.39 is 46.8 Å². The van der Waals surface area contributed by atoms with Gasteiger partial charge < -0.3 is 24.3 Å². The van der Waals surface area contributed by atoms with Gasteiger partial charge in [-0.25, -0.2) is 39.0 Å². The maximum Gasteiger partial charge on any atom is 0.417 e. The zero-order valence-electron chi connectivity index (χ0n) is 31.6. The monoisotopic (exact) mass is 709 g/mol. The number of ether oxygens (including phenoxy) is 4. The second-order valence-corrected chi connectivity index (χ2v) is 15.6. The van der Waals surface area contributed by atoms with Crippen molar-refractivity contribution in [3.8, 4) is 0 Å². The molecule has 3 rings (SSSR count). The summed E-state index contributed by atoms with van der Waals surface area (Å²) in [6.45, 7) is 21.3. The summed E-state index contributed by atoms with van der Waals surface area (Å²) < 4.78 is 21.7. The SMILES string of the molecule is CC(C)(C)OC(=O)NC(=Nc1ccc(Nc2ccc(N=C3N(C(=O)OC(C)(C)C)CCN3C(=O)OC(C)(C)C)cc2)cc1)NC(=O)OC(C)(C)C. The fourth-order valence-electron chi connectivity index (χ4n) is 4.18. The van der Waals surface area contributed by atoms with Crippen molar-refractivity contribution in [2.24, 2.45) is 9.98 Å². The number of aliphatic imine (C=N–C) groups is 2. The minimum absolute atomic E-state index is 0.108. The predicted molar refractivity (Wildman–Crippen MR) is 195 cm³/mol. The van der Waals surface area contributed by atoms with E-state index in [1.54, 1.807) is 132 Å². The van der Waals surface area contributed by atoms with Crippen LogP contribution in [0, 0.1) is 0 Å². The molecule has 0 unspecified atom stereocenters. The van der Waals surface area contributed by atoms with Crippen LogP contribution in [0.15, 0.2) is 58.5 Å². The van der Waals surface area contributed by atoms with Crippen LogP contribution in [0.5, 0.6) is 0 Å². The summed E-state index contributed by atoms with van der Waals surface area (Å²) >= 11 is 0. The number of guanidine groups is 2. The average Bonchev–Trinajstić information content (AvgIpc) is 3.35. The lowest BCUT2D eigenvalue weighted by atomic mass is 10.2. The van der Waals surface area contributed by atoms with E-state index in [0.29, 0.717) is 11.4 Å². The summed E-state index contributed by atoms with van der Waals surface area (Å²) in [5.74, 6) is -0.0637. The van der Waals surface area contributed by atoms with Gasteiger partial charge in [0.25, 0.3) is 0 Å². The highest BCUT2D eigenvalue weighted by atomic mass is 16.6. The van der Waals surface area contributed by atoms with Gasteiger partial charge in [0.05, 0.1) is 24.5 Å². The molecule has 1 aliphatic heterocycles. The first kappa shape index (κ1) is 40.1. The number of nitrogens with one attached hydrogen (secondary N) is 3. The van der Waals surface area contributed by atoms with Gasteiger partial charge in [-0.2, -0.15) is 0 Å². The van der Waals surface area contributed by atoms with Crippen LogP contribution in [0.25, 0.3) is 0 Å². The molecule has 1 saturated heterocycles. The molecule has 0 aromatic heterocycles. The number of alkyl carbamates (subject to hydrolysis) is 2. The van der Waals surface area contributed by atoms with Gasteiger partial charge in [0.1, 0.15) is 22.4 Å². The lowest BCUT2D eigenvalue weighted by Gasteiger charge is -2.27. The molecule has 278 valence electrons. The molecular weight excluding hydrogens is 658 g/mol. The molecule has 0 radical (unpaired) electrons. The number of benzene rings is 2. The smallest absolute Gasteiger partial charge is 0.417 e. The second kappa shape index (κ2) is 15.7. The maximum absolute atomic E-state index is 13.0. The predicted octanol–water partition coefficient (Wildman–Crippen LogP) is 7.94. The van der Waals surface area contributed by atoms with Gasteiger partial charge in [0, 0.05) is 11.4 Å². The molecule has 3 N–H and O–H groups in total. The third-order valence-electron chi connectivity index (χ3n) is 5.99. The van der Waals surface area contributed by atoms with Crippen molar-refractivity contribution in [2.75, 3.05) is 18.4 Å². The van der Waals surface area contributed by atoms with Gasteiger partial charge in [-0.15, -0.1) is 0 Å². The van der Waals surface area contributed by atoms with Crippen LogP contribution in [-0.2, 0) is 18.9 Å². The fourth-order valence-corrected chi connectivity index (χ4v) is 4.18. The molecule has 0 atom stereocenters. The maximum atomic E-state index is 13.0. The summed E-state index contributed by atoms with van der Waals surface area (Å²) in [6.07, 6.45) is -2.84. The van der Waals surface area contributed by atoms with Gasteiger partial charge in [-0.3, -0.25) is 10.6 Å². The number of hydrogen-bond acceptors (Lipinski definition) is 11. The third kappa shape index (κ3) is 14.2. The van der Waals surface area contributed by atoms with Crippen LogP contribution in [-0.4, -0.2) is 81.6 Å². The fraction of sp³-hybridized carbons (Fsp3) is 0.500. The minimum Gasteiger partial charge on any atom is -0.444 e. The summed E-state index contributed by atoms with van der Waals surface area (Å²) in [4.78, 5) is 62.5. The highest BCUT2D eigenvalue weighted by molar-refractivity contribution is 6.04. The van der Waals surface area contributed by atoms with Crippen molar-refractivity contribution < 1.29 is 38.1 Å². The van der Waals surface area contributed by atoms with Gasteiger partial charge >= 0.3 is 24.4 Å². The molecule has 0 aliphatic carbocycles. The van der Waals surface area contributed by atoms with E-state index in [-0.39, 0.29) is 25.0 Å². The van der Waals surface area contributed by atoms with Crippen LogP contribution in [0.2, 0.25) is 0 Å². The highest BCUT2D eigenvalue weighted by Crippen LogP contribution is 2.26. The van der Waals surface area contributed by atoms with Gasteiger partial charge in [0.15, 0.2) is 0 Å². The van der Waals surface area contributed by atoms with Crippen LogP contribution in [0.3, 0.4) is 0 Å². The molecule has 1 aliphatic rings. The largest absolute Gasteiger partial charge is 0.444 e. The van der Waals surface area contributed by atoms with E-state index >= 15 is 0 Å². The Bertz CT molecular complexity index is 1560. The number of anilines is 2. The topological polar surface area (TPSA) is 172 Å². The van der Waals surface area contributed by atoms with E-state index in [2.05, 4.69) is 25.9 Å². The van der Waals surface area contributed by atoms with Crippen molar-refractivity contribution >= 4 is 59.0 Å². The summed E-state index contributed by atoms with van der Waals surface area (Å²) in [5.41, 5.74) is -0.647. The Labute approximate surface area is 299 Å². The van der Waals surface area contributed by atoms with Gasteiger partial charge in [-0.05, 0) is 132 Å². The van der Waals surface area contributed by atoms with E-state index in [0.717, 1.165) is 11.4 Å². The van der Waals surface area contributed by atoms with Crippen LogP contribution in [0.4, 0.5) is 41.9 Å². The summed E-state index contributed by atoms with van der Waals surface area (Å²) in [6, 6.07) is 14.0. The Morgan fingerprint density at radius 1 is 0.549 bits per heavy atom.